The van der Waals surface area contributed by atoms with Crippen molar-refractivity contribution < 1.29 is 37.6 Å². The molecule has 242 valence electrons. The first-order valence-corrected chi connectivity index (χ1v) is 14.5. The number of aryl methyl sites for hydroxylation is 2. The van der Waals surface area contributed by atoms with Crippen LogP contribution in [0.2, 0.25) is 0 Å². The lowest BCUT2D eigenvalue weighted by Gasteiger charge is -2.20. The van der Waals surface area contributed by atoms with Crippen LogP contribution in [0.1, 0.15) is 24.5 Å². The summed E-state index contributed by atoms with van der Waals surface area (Å²) in [6, 6.07) is 19.4. The summed E-state index contributed by atoms with van der Waals surface area (Å²) in [4.78, 5) is 21.2. The average Bonchev–Trinajstić information content (AvgIpc) is 3.50. The summed E-state index contributed by atoms with van der Waals surface area (Å²) < 4.78 is 56.2. The number of carbonyl (C=O) groups is 1. The fourth-order valence-corrected chi connectivity index (χ4v) is 4.59. The minimum Gasteiger partial charge on any atom is -0.504 e. The zero-order chi connectivity index (χ0) is 33.5. The first-order chi connectivity index (χ1) is 22.6. The smallest absolute Gasteiger partial charge is 0.347 e. The van der Waals surface area contributed by atoms with E-state index in [2.05, 4.69) is 9.97 Å². The minimum absolute atomic E-state index is 0.00612. The zero-order valence-corrected chi connectivity index (χ0v) is 25.4. The molecule has 0 amide bonds. The van der Waals surface area contributed by atoms with Gasteiger partial charge in [-0.1, -0.05) is 42.5 Å². The molecule has 0 saturated heterocycles. The molecule has 11 nitrogen and oxygen atoms in total. The van der Waals surface area contributed by atoms with Gasteiger partial charge in [0.25, 0.3) is 11.8 Å². The van der Waals surface area contributed by atoms with Gasteiger partial charge in [0.1, 0.15) is 17.4 Å². The highest BCUT2D eigenvalue weighted by atomic mass is 19.1. The van der Waals surface area contributed by atoms with Crippen LogP contribution in [-0.2, 0) is 23.0 Å². The van der Waals surface area contributed by atoms with Crippen LogP contribution in [0.15, 0.2) is 85.2 Å². The number of ether oxygens (including phenoxy) is 4. The Balaban J connectivity index is 1.56. The number of nitrogens with zero attached hydrogens (tertiary/aromatic N) is 3. The van der Waals surface area contributed by atoms with Gasteiger partial charge in [-0.15, -0.1) is 0 Å². The number of aromatic nitrogens is 3. The molecule has 2 heterocycles. The molecule has 0 radical (unpaired) electrons. The van der Waals surface area contributed by atoms with Crippen LogP contribution in [0.3, 0.4) is 0 Å². The second-order valence-corrected chi connectivity index (χ2v) is 10.3. The molecule has 0 bridgehead atoms. The van der Waals surface area contributed by atoms with Crippen molar-refractivity contribution in [3.8, 4) is 46.1 Å². The zero-order valence-electron chi connectivity index (χ0n) is 25.4. The molecule has 0 fully saturated rings. The van der Waals surface area contributed by atoms with Gasteiger partial charge in [0, 0.05) is 30.6 Å². The quantitative estimate of drug-likeness (QED) is 0.0764. The molecule has 0 aliphatic carbocycles. The molecular weight excluding hydrogens is 612 g/mol. The number of esters is 1. The van der Waals surface area contributed by atoms with E-state index in [4.69, 9.17) is 30.1 Å². The highest BCUT2D eigenvalue weighted by Crippen LogP contribution is 2.40. The standard InChI is InChI=1S/C34H31F2N5O6/c1-3-44-34(43)25(15-12-20-8-5-4-6-9-20)46-29-27(35)32(45-23-11-7-10-22(18-23)31-39-16-17-41(31)2)40-33(28(29)36)47-26-19-21(30(37)38)13-14-24(26)42/h4-11,13-14,16-19,25,42H,3,12,15H2,1-2H3,(H3,37,38). The van der Waals surface area contributed by atoms with E-state index in [0.29, 0.717) is 17.8 Å². The third-order valence-corrected chi connectivity index (χ3v) is 6.93. The molecule has 0 spiro atoms. The predicted molar refractivity (Wildman–Crippen MR) is 168 cm³/mol. The number of hydrogen-bond donors (Lipinski definition) is 3. The molecule has 3 aromatic carbocycles. The predicted octanol–water partition coefficient (Wildman–Crippen LogP) is 6.28. The number of halogens is 2. The van der Waals surface area contributed by atoms with Gasteiger partial charge in [-0.25, -0.2) is 9.78 Å². The van der Waals surface area contributed by atoms with Crippen molar-refractivity contribution in [2.45, 2.75) is 25.9 Å². The molecule has 2 aromatic heterocycles. The first-order valence-electron chi connectivity index (χ1n) is 14.5. The molecule has 47 heavy (non-hydrogen) atoms. The third-order valence-electron chi connectivity index (χ3n) is 6.93. The number of hydrogen-bond acceptors (Lipinski definition) is 9. The monoisotopic (exact) mass is 643 g/mol. The SMILES string of the molecule is CCOC(=O)C(CCc1ccccc1)Oc1c(F)c(Oc2cccc(-c3nccn3C)c2)nc(Oc2cc(C(=N)N)ccc2O)c1F. The van der Waals surface area contributed by atoms with Crippen molar-refractivity contribution in [3.63, 3.8) is 0 Å². The van der Waals surface area contributed by atoms with E-state index < -0.39 is 47.0 Å². The molecule has 1 atom stereocenters. The number of phenolic OH excluding ortho intramolecular Hbond substituents is 1. The molecule has 0 saturated carbocycles. The normalized spacial score (nSPS) is 11.5. The molecule has 13 heteroatoms. The number of pyridine rings is 1. The van der Waals surface area contributed by atoms with E-state index in [9.17, 15) is 9.90 Å². The third kappa shape index (κ3) is 7.64. The van der Waals surface area contributed by atoms with Crippen molar-refractivity contribution in [2.75, 3.05) is 6.61 Å². The lowest BCUT2D eigenvalue weighted by atomic mass is 10.1. The number of phenols is 1. The van der Waals surface area contributed by atoms with Crippen LogP contribution in [-0.4, -0.2) is 44.2 Å². The fraction of sp³-hybridized carbons (Fsp3) is 0.176. The Labute approximate surface area is 268 Å². The molecular formula is C34H31F2N5O6. The van der Waals surface area contributed by atoms with E-state index in [0.717, 1.165) is 5.56 Å². The fourth-order valence-electron chi connectivity index (χ4n) is 4.59. The summed E-state index contributed by atoms with van der Waals surface area (Å²) in [5.41, 5.74) is 7.22. The van der Waals surface area contributed by atoms with Crippen LogP contribution < -0.4 is 19.9 Å². The van der Waals surface area contributed by atoms with Crippen molar-refractivity contribution >= 4 is 11.8 Å². The van der Waals surface area contributed by atoms with Gasteiger partial charge in [-0.3, -0.25) is 5.41 Å². The lowest BCUT2D eigenvalue weighted by molar-refractivity contribution is -0.151. The summed E-state index contributed by atoms with van der Waals surface area (Å²) >= 11 is 0. The van der Waals surface area contributed by atoms with E-state index >= 15 is 8.78 Å². The van der Waals surface area contributed by atoms with Gasteiger partial charge >= 0.3 is 5.97 Å². The Morgan fingerprint density at radius 3 is 2.45 bits per heavy atom. The van der Waals surface area contributed by atoms with Gasteiger partial charge in [0.15, 0.2) is 17.6 Å². The van der Waals surface area contributed by atoms with Crippen LogP contribution in [0.4, 0.5) is 8.78 Å². The Morgan fingerprint density at radius 2 is 1.77 bits per heavy atom. The number of amidine groups is 1. The first kappa shape index (κ1) is 32.4. The van der Waals surface area contributed by atoms with Crippen molar-refractivity contribution in [1.82, 2.24) is 14.5 Å². The van der Waals surface area contributed by atoms with E-state index in [1.165, 1.54) is 24.3 Å². The second-order valence-electron chi connectivity index (χ2n) is 10.3. The summed E-state index contributed by atoms with van der Waals surface area (Å²) in [5.74, 6) is -6.63. The molecule has 1 unspecified atom stereocenters. The number of aromatic hydroxyl groups is 1. The number of nitrogen functional groups attached to an aromatic ring is 1. The van der Waals surface area contributed by atoms with Gasteiger partial charge in [0.2, 0.25) is 17.4 Å². The van der Waals surface area contributed by atoms with E-state index in [1.807, 2.05) is 30.3 Å². The Kier molecular flexibility index (Phi) is 9.94. The maximum Gasteiger partial charge on any atom is 0.347 e. The van der Waals surface area contributed by atoms with Gasteiger partial charge in [-0.05, 0) is 55.7 Å². The number of carbonyl (C=O) groups excluding carboxylic acids is 1. The van der Waals surface area contributed by atoms with Crippen molar-refractivity contribution in [2.24, 2.45) is 12.8 Å². The Morgan fingerprint density at radius 1 is 1.02 bits per heavy atom. The summed E-state index contributed by atoms with van der Waals surface area (Å²) in [6.07, 6.45) is 2.29. The summed E-state index contributed by atoms with van der Waals surface area (Å²) in [6.45, 7) is 1.60. The van der Waals surface area contributed by atoms with Gasteiger partial charge < -0.3 is 34.4 Å². The summed E-state index contributed by atoms with van der Waals surface area (Å²) in [7, 11) is 1.80. The van der Waals surface area contributed by atoms with Crippen LogP contribution >= 0.6 is 0 Å². The number of rotatable bonds is 13. The Hall–Kier alpha value is -5.98. The van der Waals surface area contributed by atoms with E-state index in [-0.39, 0.29) is 35.9 Å². The van der Waals surface area contributed by atoms with Gasteiger partial charge in [0.05, 0.1) is 6.61 Å². The van der Waals surface area contributed by atoms with Crippen molar-refractivity contribution in [1.29, 1.82) is 5.41 Å². The molecule has 5 rings (SSSR count). The highest BCUT2D eigenvalue weighted by molar-refractivity contribution is 5.95. The second kappa shape index (κ2) is 14.4. The largest absolute Gasteiger partial charge is 0.504 e. The number of imidazole rings is 1. The molecule has 4 N–H and O–H groups in total. The number of nitrogens with one attached hydrogen (secondary N) is 1. The van der Waals surface area contributed by atoms with E-state index in [1.54, 1.807) is 49.1 Å². The topological polar surface area (TPSA) is 155 Å². The van der Waals surface area contributed by atoms with Crippen LogP contribution in [0.25, 0.3) is 11.4 Å². The minimum atomic E-state index is -1.43. The van der Waals surface area contributed by atoms with Crippen LogP contribution in [0.5, 0.6) is 34.8 Å². The lowest BCUT2D eigenvalue weighted by Crippen LogP contribution is -2.31. The van der Waals surface area contributed by atoms with Crippen LogP contribution in [0, 0.1) is 17.0 Å². The Bertz CT molecular complexity index is 1900. The highest BCUT2D eigenvalue weighted by Gasteiger charge is 2.31. The molecule has 0 aliphatic rings. The summed E-state index contributed by atoms with van der Waals surface area (Å²) in [5, 5.41) is 18.1. The van der Waals surface area contributed by atoms with Crippen molar-refractivity contribution in [3.05, 3.63) is 108 Å². The number of nitrogens with two attached hydrogens (primary N) is 1. The van der Waals surface area contributed by atoms with Gasteiger partial charge in [-0.2, -0.15) is 13.8 Å². The number of benzene rings is 3. The average molecular weight is 644 g/mol. The maximum atomic E-state index is 16.1. The molecule has 0 aliphatic heterocycles. The maximum absolute atomic E-state index is 16.1. The molecule has 5 aromatic rings.